The fourth-order valence-electron chi connectivity index (χ4n) is 2.28. The number of hydrogen-bond acceptors (Lipinski definition) is 2. The quantitative estimate of drug-likeness (QED) is 0.854. The minimum atomic E-state index is 0.00215. The number of likely N-dealkylation sites (N-methyl/N-ethyl adjacent to an activating group) is 1. The molecule has 116 valence electrons. The molecule has 1 aromatic heterocycles. The molecule has 0 unspecified atom stereocenters. The van der Waals surface area contributed by atoms with Crippen LogP contribution in [0, 0.1) is 0 Å². The van der Waals surface area contributed by atoms with E-state index in [4.69, 9.17) is 0 Å². The maximum Gasteiger partial charge on any atom is 0.317 e. The second kappa shape index (κ2) is 8.82. The predicted molar refractivity (Wildman–Crippen MR) is 88.7 cm³/mol. The number of amides is 2. The van der Waals surface area contributed by atoms with Gasteiger partial charge < -0.3 is 10.2 Å². The molecule has 0 bridgehead atoms. The predicted octanol–water partition coefficient (Wildman–Crippen LogP) is 2.90. The van der Waals surface area contributed by atoms with Crippen LogP contribution in [0.25, 0.3) is 0 Å². The number of pyridine rings is 1. The number of rotatable bonds is 7. The first-order chi connectivity index (χ1) is 10.8. The lowest BCUT2D eigenvalue weighted by molar-refractivity contribution is 0.201. The molecule has 2 amide bonds. The van der Waals surface area contributed by atoms with Crippen LogP contribution in [0.3, 0.4) is 0 Å². The summed E-state index contributed by atoms with van der Waals surface area (Å²) >= 11 is 0. The Hall–Kier alpha value is -2.36. The summed E-state index contributed by atoms with van der Waals surface area (Å²) in [6.07, 6.45) is 5.27. The number of carbonyl (C=O) groups is 1. The number of hydrogen-bond donors (Lipinski definition) is 1. The van der Waals surface area contributed by atoms with E-state index >= 15 is 0 Å². The van der Waals surface area contributed by atoms with Crippen LogP contribution in [0.5, 0.6) is 0 Å². The average Bonchev–Trinajstić information content (AvgIpc) is 2.57. The van der Waals surface area contributed by atoms with Gasteiger partial charge in [0.1, 0.15) is 0 Å². The maximum atomic E-state index is 12.2. The van der Waals surface area contributed by atoms with Crippen LogP contribution in [0.4, 0.5) is 4.79 Å². The van der Waals surface area contributed by atoms with Crippen LogP contribution >= 0.6 is 0 Å². The lowest BCUT2D eigenvalue weighted by atomic mass is 10.1. The van der Waals surface area contributed by atoms with Gasteiger partial charge in [-0.2, -0.15) is 0 Å². The van der Waals surface area contributed by atoms with Crippen LogP contribution < -0.4 is 5.32 Å². The van der Waals surface area contributed by atoms with E-state index in [9.17, 15) is 4.79 Å². The van der Waals surface area contributed by atoms with Gasteiger partial charge in [0.2, 0.25) is 0 Å². The Morgan fingerprint density at radius 2 is 1.86 bits per heavy atom. The molecule has 0 saturated carbocycles. The Balaban J connectivity index is 1.74. The fraction of sp³-hybridized carbons (Fsp3) is 0.333. The summed E-state index contributed by atoms with van der Waals surface area (Å²) in [5.41, 5.74) is 2.39. The van der Waals surface area contributed by atoms with Gasteiger partial charge in [0.05, 0.1) is 0 Å². The first kappa shape index (κ1) is 16.0. The smallest absolute Gasteiger partial charge is 0.317 e. The molecule has 0 spiro atoms. The second-order valence-corrected chi connectivity index (χ2v) is 5.16. The highest BCUT2D eigenvalue weighted by Crippen LogP contribution is 2.02. The number of carbonyl (C=O) groups excluding carboxylic acids is 1. The molecule has 4 heteroatoms. The third kappa shape index (κ3) is 5.20. The van der Waals surface area contributed by atoms with E-state index in [1.165, 1.54) is 5.56 Å². The Bertz CT molecular complexity index is 557. The highest BCUT2D eigenvalue weighted by Gasteiger charge is 2.10. The summed E-state index contributed by atoms with van der Waals surface area (Å²) in [4.78, 5) is 18.1. The zero-order chi connectivity index (χ0) is 15.6. The highest BCUT2D eigenvalue weighted by atomic mass is 16.2. The van der Waals surface area contributed by atoms with Gasteiger partial charge in [0, 0.05) is 32.0 Å². The third-order valence-electron chi connectivity index (χ3n) is 3.59. The van der Waals surface area contributed by atoms with Crippen LogP contribution in [0.15, 0.2) is 54.9 Å². The van der Waals surface area contributed by atoms with E-state index in [0.717, 1.165) is 24.9 Å². The molecule has 4 nitrogen and oxygen atoms in total. The number of urea groups is 1. The minimum absolute atomic E-state index is 0.00215. The SMILES string of the molecule is CCN(CCc1ccccc1)C(=O)NCCc1cccnc1. The standard InChI is InChI=1S/C18H23N3O/c1-2-21(14-11-16-7-4-3-5-8-16)18(22)20-13-10-17-9-6-12-19-15-17/h3-9,12,15H,2,10-11,13-14H2,1H3,(H,20,22). The van der Waals surface area contributed by atoms with Gasteiger partial charge in [-0.25, -0.2) is 4.79 Å². The van der Waals surface area contributed by atoms with E-state index in [1.54, 1.807) is 6.20 Å². The Kier molecular flexibility index (Phi) is 6.42. The molecular formula is C18H23N3O. The van der Waals surface area contributed by atoms with Crippen molar-refractivity contribution in [1.82, 2.24) is 15.2 Å². The number of nitrogens with one attached hydrogen (secondary N) is 1. The van der Waals surface area contributed by atoms with Crippen molar-refractivity contribution in [3.63, 3.8) is 0 Å². The van der Waals surface area contributed by atoms with Crippen LogP contribution in [0.2, 0.25) is 0 Å². The van der Waals surface area contributed by atoms with E-state index in [-0.39, 0.29) is 6.03 Å². The Labute approximate surface area is 132 Å². The minimum Gasteiger partial charge on any atom is -0.338 e. The van der Waals surface area contributed by atoms with Crippen molar-refractivity contribution in [2.24, 2.45) is 0 Å². The van der Waals surface area contributed by atoms with Gasteiger partial charge in [-0.1, -0.05) is 36.4 Å². The van der Waals surface area contributed by atoms with Gasteiger partial charge in [-0.05, 0) is 37.0 Å². The summed E-state index contributed by atoms with van der Waals surface area (Å²) in [6, 6.07) is 14.2. The van der Waals surface area contributed by atoms with Crippen molar-refractivity contribution in [2.45, 2.75) is 19.8 Å². The topological polar surface area (TPSA) is 45.2 Å². The number of benzene rings is 1. The lowest BCUT2D eigenvalue weighted by Crippen LogP contribution is -2.41. The first-order valence-corrected chi connectivity index (χ1v) is 7.75. The third-order valence-corrected chi connectivity index (χ3v) is 3.59. The summed E-state index contributed by atoms with van der Waals surface area (Å²) in [5, 5.41) is 2.98. The molecule has 1 N–H and O–H groups in total. The molecule has 0 aliphatic heterocycles. The van der Waals surface area contributed by atoms with Crippen LogP contribution in [0.1, 0.15) is 18.1 Å². The monoisotopic (exact) mass is 297 g/mol. The van der Waals surface area contributed by atoms with E-state index in [1.807, 2.05) is 48.4 Å². The molecule has 1 heterocycles. The molecule has 22 heavy (non-hydrogen) atoms. The molecule has 0 aliphatic rings. The van der Waals surface area contributed by atoms with Crippen molar-refractivity contribution < 1.29 is 4.79 Å². The fourth-order valence-corrected chi connectivity index (χ4v) is 2.28. The van der Waals surface area contributed by atoms with Gasteiger partial charge in [0.25, 0.3) is 0 Å². The average molecular weight is 297 g/mol. The van der Waals surface area contributed by atoms with Gasteiger partial charge >= 0.3 is 6.03 Å². The molecule has 0 aliphatic carbocycles. The molecule has 0 fully saturated rings. The number of aromatic nitrogens is 1. The Morgan fingerprint density at radius 3 is 2.55 bits per heavy atom. The Morgan fingerprint density at radius 1 is 1.09 bits per heavy atom. The zero-order valence-electron chi connectivity index (χ0n) is 13.0. The van der Waals surface area contributed by atoms with Crippen molar-refractivity contribution in [2.75, 3.05) is 19.6 Å². The zero-order valence-corrected chi connectivity index (χ0v) is 13.0. The van der Waals surface area contributed by atoms with Gasteiger partial charge in [0.15, 0.2) is 0 Å². The summed E-state index contributed by atoms with van der Waals surface area (Å²) in [6.45, 7) is 4.09. The summed E-state index contributed by atoms with van der Waals surface area (Å²) in [7, 11) is 0. The normalized spacial score (nSPS) is 10.2. The summed E-state index contributed by atoms with van der Waals surface area (Å²) in [5.74, 6) is 0. The van der Waals surface area contributed by atoms with Crippen LogP contribution in [-0.4, -0.2) is 35.5 Å². The van der Waals surface area contributed by atoms with Crippen molar-refractivity contribution in [1.29, 1.82) is 0 Å². The molecule has 0 radical (unpaired) electrons. The number of nitrogens with zero attached hydrogens (tertiary/aromatic N) is 2. The van der Waals surface area contributed by atoms with E-state index < -0.39 is 0 Å². The van der Waals surface area contributed by atoms with E-state index in [0.29, 0.717) is 13.1 Å². The molecule has 0 saturated heterocycles. The molecule has 2 aromatic rings. The van der Waals surface area contributed by atoms with Gasteiger partial charge in [-0.3, -0.25) is 4.98 Å². The molecule has 2 rings (SSSR count). The van der Waals surface area contributed by atoms with Crippen molar-refractivity contribution in [3.8, 4) is 0 Å². The maximum absolute atomic E-state index is 12.2. The van der Waals surface area contributed by atoms with E-state index in [2.05, 4.69) is 22.4 Å². The van der Waals surface area contributed by atoms with Crippen molar-refractivity contribution >= 4 is 6.03 Å². The molecular weight excluding hydrogens is 274 g/mol. The largest absolute Gasteiger partial charge is 0.338 e. The molecule has 1 aromatic carbocycles. The van der Waals surface area contributed by atoms with Crippen LogP contribution in [-0.2, 0) is 12.8 Å². The molecule has 0 atom stereocenters. The summed E-state index contributed by atoms with van der Waals surface area (Å²) < 4.78 is 0. The first-order valence-electron chi connectivity index (χ1n) is 7.75. The van der Waals surface area contributed by atoms with Crippen molar-refractivity contribution in [3.05, 3.63) is 66.0 Å². The van der Waals surface area contributed by atoms with Gasteiger partial charge in [-0.15, -0.1) is 0 Å². The second-order valence-electron chi connectivity index (χ2n) is 5.16. The highest BCUT2D eigenvalue weighted by molar-refractivity contribution is 5.74. The lowest BCUT2D eigenvalue weighted by Gasteiger charge is -2.21.